The number of fused-ring (bicyclic) bond motifs is 3. The van der Waals surface area contributed by atoms with E-state index in [9.17, 15) is 0 Å². The number of allylic oxidation sites excluding steroid dienone is 4. The predicted molar refractivity (Wildman–Crippen MR) is 219 cm³/mol. The first kappa shape index (κ1) is 34.4. The van der Waals surface area contributed by atoms with E-state index in [1.807, 2.05) is 0 Å². The van der Waals surface area contributed by atoms with Gasteiger partial charge in [-0.3, -0.25) is 0 Å². The van der Waals surface area contributed by atoms with Gasteiger partial charge in [-0.2, -0.15) is 0 Å². The Labute approximate surface area is 308 Å². The van der Waals surface area contributed by atoms with Crippen molar-refractivity contribution in [3.63, 3.8) is 0 Å². The van der Waals surface area contributed by atoms with Gasteiger partial charge in [-0.05, 0) is 0 Å². The van der Waals surface area contributed by atoms with E-state index >= 15 is 0 Å². The Morgan fingerprint density at radius 1 is 0.569 bits per heavy atom. The van der Waals surface area contributed by atoms with E-state index in [0.717, 1.165) is 0 Å². The van der Waals surface area contributed by atoms with E-state index in [4.69, 9.17) is 4.21 Å². The van der Waals surface area contributed by atoms with Gasteiger partial charge in [0.05, 0.1) is 0 Å². The molecular formula is C50H54Zr. The van der Waals surface area contributed by atoms with Crippen molar-refractivity contribution in [2.75, 3.05) is 0 Å². The Bertz CT molecular complexity index is 2150. The van der Waals surface area contributed by atoms with Crippen LogP contribution >= 0.6 is 0 Å². The minimum absolute atomic E-state index is 0.0273. The van der Waals surface area contributed by atoms with Crippen molar-refractivity contribution in [3.05, 3.63) is 167 Å². The van der Waals surface area contributed by atoms with Crippen molar-refractivity contribution in [3.8, 4) is 22.3 Å². The summed E-state index contributed by atoms with van der Waals surface area (Å²) in [5.74, 6) is 0.520. The molecule has 0 bridgehead atoms. The van der Waals surface area contributed by atoms with Crippen molar-refractivity contribution < 1.29 is 18.3 Å². The van der Waals surface area contributed by atoms with Gasteiger partial charge in [0.15, 0.2) is 0 Å². The Kier molecular flexibility index (Phi) is 8.43. The van der Waals surface area contributed by atoms with Gasteiger partial charge in [0.1, 0.15) is 0 Å². The first-order chi connectivity index (χ1) is 24.4. The fourth-order valence-electron chi connectivity index (χ4n) is 10.3. The molecule has 3 aliphatic rings. The zero-order valence-electron chi connectivity index (χ0n) is 31.5. The summed E-state index contributed by atoms with van der Waals surface area (Å²) in [6, 6.07) is 45.3. The molecule has 3 aliphatic carbocycles. The second-order valence-corrected chi connectivity index (χ2v) is 31.8. The summed E-state index contributed by atoms with van der Waals surface area (Å²) >= 11 is -5.06. The van der Waals surface area contributed by atoms with Crippen LogP contribution in [0.3, 0.4) is 0 Å². The molecule has 258 valence electrons. The number of hydrogen-bond acceptors (Lipinski definition) is 0. The standard InChI is InChI=1S/C21H25.C17H17.C6H5.C5H5.CH2.Zr/c1-20(2,3)16-7-9-18-14(12-16)11-15-13-17(21(4,5)6)8-10-19(15)18;1-2-8-14(9-3-1)16-12-6-7-13-17(16)15-10-4-5-11-15;1-2-4-6-5-3-1;1-2-4-5-3-1;;/h7-13H,1-6H3;1-3,6-9,12,15H,4-5,10-11H2;1-5H;1-5H;1H2;. The zero-order chi connectivity index (χ0) is 35.6. The molecule has 0 unspecified atom stereocenters. The molecule has 1 heteroatoms. The first-order valence-electron chi connectivity index (χ1n) is 19.3. The molecular weight excluding hydrogens is 692 g/mol. The normalized spacial score (nSPS) is 16.9. The molecule has 1 fully saturated rings. The molecule has 0 radical (unpaired) electrons. The van der Waals surface area contributed by atoms with Crippen LogP contribution in [0.1, 0.15) is 105 Å². The minimum atomic E-state index is -5.06. The van der Waals surface area contributed by atoms with Crippen molar-refractivity contribution in [1.82, 2.24) is 0 Å². The molecule has 8 rings (SSSR count). The summed E-state index contributed by atoms with van der Waals surface area (Å²) in [5.41, 5.74) is 13.0. The average molecular weight is 746 g/mol. The van der Waals surface area contributed by atoms with Gasteiger partial charge in [0, 0.05) is 0 Å². The number of hydrogen-bond donors (Lipinski definition) is 0. The number of rotatable bonds is 6. The molecule has 51 heavy (non-hydrogen) atoms. The van der Waals surface area contributed by atoms with Crippen LogP contribution in [-0.4, -0.2) is 4.21 Å². The SMILES string of the molecule is [CH2]=[Zr]([c]1ccccc1)([c]1cccc(-c2ccccc2)c1C1CCCC1)([CH]1C=CC=C1)[CH]1c2cc(C(C)(C)C)ccc2-c2ccc(C(C)(C)C)cc21. The molecule has 0 heterocycles. The van der Waals surface area contributed by atoms with Crippen molar-refractivity contribution in [2.45, 2.75) is 91.2 Å². The maximum atomic E-state index is 6.06. The molecule has 5 aromatic rings. The van der Waals surface area contributed by atoms with Crippen LogP contribution in [-0.2, 0) is 29.1 Å². The monoisotopic (exact) mass is 744 g/mol. The van der Waals surface area contributed by atoms with Gasteiger partial charge in [0.2, 0.25) is 0 Å². The maximum absolute atomic E-state index is 6.06. The summed E-state index contributed by atoms with van der Waals surface area (Å²) in [7, 11) is 0. The van der Waals surface area contributed by atoms with Gasteiger partial charge in [-0.15, -0.1) is 0 Å². The van der Waals surface area contributed by atoms with Crippen LogP contribution in [0, 0.1) is 0 Å². The van der Waals surface area contributed by atoms with Crippen LogP contribution in [0.4, 0.5) is 0 Å². The summed E-state index contributed by atoms with van der Waals surface area (Å²) in [4.78, 5) is 0. The summed E-state index contributed by atoms with van der Waals surface area (Å²) < 4.78 is 9.51. The third-order valence-corrected chi connectivity index (χ3v) is 30.8. The van der Waals surface area contributed by atoms with Crippen LogP contribution < -0.4 is 6.54 Å². The van der Waals surface area contributed by atoms with Crippen molar-refractivity contribution >= 4 is 10.8 Å². The number of benzene rings is 5. The van der Waals surface area contributed by atoms with Gasteiger partial charge in [-0.1, -0.05) is 0 Å². The molecule has 0 aromatic heterocycles. The van der Waals surface area contributed by atoms with Crippen LogP contribution in [0.25, 0.3) is 22.3 Å². The fraction of sp³-hybridized carbons (Fsp3) is 0.300. The van der Waals surface area contributed by atoms with Crippen LogP contribution in [0.2, 0.25) is 3.63 Å². The Morgan fingerprint density at radius 2 is 1.10 bits per heavy atom. The molecule has 0 atom stereocenters. The first-order valence-corrected chi connectivity index (χ1v) is 26.4. The summed E-state index contributed by atoms with van der Waals surface area (Å²) in [6.07, 6.45) is 14.8. The van der Waals surface area contributed by atoms with Crippen molar-refractivity contribution in [2.24, 2.45) is 0 Å². The van der Waals surface area contributed by atoms with Crippen LogP contribution in [0.5, 0.6) is 0 Å². The molecule has 0 spiro atoms. The molecule has 0 aliphatic heterocycles. The zero-order valence-corrected chi connectivity index (χ0v) is 34.0. The Hall–Kier alpha value is -3.67. The molecule has 1 saturated carbocycles. The van der Waals surface area contributed by atoms with E-state index in [1.165, 1.54) is 73.5 Å². The second kappa shape index (κ2) is 12.5. The van der Waals surface area contributed by atoms with E-state index in [-0.39, 0.29) is 18.1 Å². The third kappa shape index (κ3) is 5.36. The van der Waals surface area contributed by atoms with E-state index < -0.39 is 18.3 Å². The molecule has 0 amide bonds. The topological polar surface area (TPSA) is 0 Å². The molecule has 0 N–H and O–H groups in total. The van der Waals surface area contributed by atoms with Gasteiger partial charge in [-0.25, -0.2) is 0 Å². The van der Waals surface area contributed by atoms with Crippen LogP contribution in [0.15, 0.2) is 140 Å². The van der Waals surface area contributed by atoms with Gasteiger partial charge in [0.25, 0.3) is 0 Å². The van der Waals surface area contributed by atoms with E-state index in [2.05, 4.69) is 181 Å². The Morgan fingerprint density at radius 3 is 1.63 bits per heavy atom. The molecule has 0 saturated heterocycles. The van der Waals surface area contributed by atoms with E-state index in [0.29, 0.717) is 5.92 Å². The molecule has 5 aromatic carbocycles. The third-order valence-electron chi connectivity index (χ3n) is 13.0. The predicted octanol–water partition coefficient (Wildman–Crippen LogP) is 12.4. The van der Waals surface area contributed by atoms with Gasteiger partial charge >= 0.3 is 310 Å². The van der Waals surface area contributed by atoms with Crippen molar-refractivity contribution in [1.29, 1.82) is 0 Å². The average Bonchev–Trinajstić information content (AvgIpc) is 3.93. The fourth-order valence-corrected chi connectivity index (χ4v) is 28.8. The second-order valence-electron chi connectivity index (χ2n) is 17.9. The van der Waals surface area contributed by atoms with Gasteiger partial charge < -0.3 is 0 Å². The Balaban J connectivity index is 1.59. The molecule has 0 nitrogen and oxygen atoms in total. The summed E-state index contributed by atoms with van der Waals surface area (Å²) in [6.45, 7) is 14.2. The quantitative estimate of drug-likeness (QED) is 0.162. The van der Waals surface area contributed by atoms with E-state index in [1.54, 1.807) is 8.83 Å². The summed E-state index contributed by atoms with van der Waals surface area (Å²) in [5, 5.41) is 0.